The van der Waals surface area contributed by atoms with Crippen LogP contribution in [-0.4, -0.2) is 47.0 Å². The quantitative estimate of drug-likeness (QED) is 0.652. The van der Waals surface area contributed by atoms with Crippen LogP contribution in [0.1, 0.15) is 22.1 Å². The molecule has 2 aromatic carbocycles. The molecule has 2 aliphatic rings. The molecule has 144 valence electrons. The predicted octanol–water partition coefficient (Wildman–Crippen LogP) is 4.21. The summed E-state index contributed by atoms with van der Waals surface area (Å²) in [6.07, 6.45) is 0. The molecule has 2 saturated heterocycles. The van der Waals surface area contributed by atoms with Crippen LogP contribution in [0.15, 0.2) is 54.6 Å². The van der Waals surface area contributed by atoms with Gasteiger partial charge in [-0.3, -0.25) is 9.69 Å². The maximum atomic E-state index is 13.4. The summed E-state index contributed by atoms with van der Waals surface area (Å²) in [6.45, 7) is 2.67. The number of carbonyl (C=O) groups excluding carboxylic acids is 1. The number of para-hydroxylation sites is 1. The van der Waals surface area contributed by atoms with E-state index in [0.29, 0.717) is 28.6 Å². The van der Waals surface area contributed by atoms with E-state index in [2.05, 4.69) is 42.3 Å². The molecule has 28 heavy (non-hydrogen) atoms. The molecule has 5 rings (SSSR count). The number of carbonyl (C=O) groups is 1. The third kappa shape index (κ3) is 2.66. The standard InChI is InChI=1S/C23H24ClN3O/c1-25-12-17-13-27(14-18(17)21(25)15-7-4-3-5-8-15)23(28)20-11-16-9-6-10-19(24)22(16)26(20)2/h3-11,17-18,21H,12-14H2,1-2H3/t17-,18+,21-/m0/s1. The number of hydrogen-bond acceptors (Lipinski definition) is 2. The Morgan fingerprint density at radius 2 is 1.79 bits per heavy atom. The third-order valence-corrected chi connectivity index (χ3v) is 6.85. The highest BCUT2D eigenvalue weighted by molar-refractivity contribution is 6.35. The molecule has 3 heterocycles. The summed E-state index contributed by atoms with van der Waals surface area (Å²) in [5, 5.41) is 1.70. The first-order valence-electron chi connectivity index (χ1n) is 9.83. The number of amides is 1. The second-order valence-corrected chi connectivity index (χ2v) is 8.60. The number of hydrogen-bond donors (Lipinski definition) is 0. The van der Waals surface area contributed by atoms with Gasteiger partial charge in [0, 0.05) is 44.0 Å². The van der Waals surface area contributed by atoms with Crippen molar-refractivity contribution in [2.45, 2.75) is 6.04 Å². The number of benzene rings is 2. The molecule has 1 aromatic heterocycles. The van der Waals surface area contributed by atoms with Crippen molar-refractivity contribution in [2.75, 3.05) is 26.7 Å². The van der Waals surface area contributed by atoms with E-state index in [1.807, 2.05) is 40.8 Å². The molecule has 0 bridgehead atoms. The molecule has 5 heteroatoms. The number of fused-ring (bicyclic) bond motifs is 2. The summed E-state index contributed by atoms with van der Waals surface area (Å²) in [6, 6.07) is 18.9. The first kappa shape index (κ1) is 17.8. The number of rotatable bonds is 2. The number of aromatic nitrogens is 1. The van der Waals surface area contributed by atoms with Crippen LogP contribution in [-0.2, 0) is 7.05 Å². The van der Waals surface area contributed by atoms with Gasteiger partial charge in [-0.15, -0.1) is 0 Å². The normalized spacial score (nSPS) is 24.8. The van der Waals surface area contributed by atoms with Crippen LogP contribution in [0.3, 0.4) is 0 Å². The minimum Gasteiger partial charge on any atom is -0.338 e. The number of likely N-dealkylation sites (tertiary alicyclic amines) is 2. The van der Waals surface area contributed by atoms with Crippen LogP contribution < -0.4 is 0 Å². The molecular weight excluding hydrogens is 370 g/mol. The lowest BCUT2D eigenvalue weighted by Gasteiger charge is -2.27. The van der Waals surface area contributed by atoms with E-state index in [1.54, 1.807) is 0 Å². The van der Waals surface area contributed by atoms with Gasteiger partial charge in [0.1, 0.15) is 5.69 Å². The topological polar surface area (TPSA) is 28.5 Å². The number of halogens is 1. The van der Waals surface area contributed by atoms with Gasteiger partial charge in [-0.2, -0.15) is 0 Å². The molecule has 0 spiro atoms. The first-order chi connectivity index (χ1) is 13.5. The monoisotopic (exact) mass is 393 g/mol. The summed E-state index contributed by atoms with van der Waals surface area (Å²) in [5.74, 6) is 1.12. The summed E-state index contributed by atoms with van der Waals surface area (Å²) < 4.78 is 1.94. The molecule has 1 amide bonds. The lowest BCUT2D eigenvalue weighted by Crippen LogP contribution is -2.34. The summed E-state index contributed by atoms with van der Waals surface area (Å²) in [7, 11) is 4.13. The van der Waals surface area contributed by atoms with Crippen molar-refractivity contribution < 1.29 is 4.79 Å². The van der Waals surface area contributed by atoms with Crippen LogP contribution in [0.4, 0.5) is 0 Å². The highest BCUT2D eigenvalue weighted by atomic mass is 35.5. The third-order valence-electron chi connectivity index (χ3n) is 6.55. The Labute approximate surface area is 170 Å². The Morgan fingerprint density at radius 1 is 1.00 bits per heavy atom. The van der Waals surface area contributed by atoms with E-state index in [1.165, 1.54) is 5.56 Å². The largest absolute Gasteiger partial charge is 0.338 e. The van der Waals surface area contributed by atoms with Crippen LogP contribution >= 0.6 is 11.6 Å². The van der Waals surface area contributed by atoms with Gasteiger partial charge in [-0.1, -0.05) is 54.1 Å². The highest BCUT2D eigenvalue weighted by Crippen LogP contribution is 2.44. The van der Waals surface area contributed by atoms with Crippen molar-refractivity contribution in [3.05, 3.63) is 70.9 Å². The van der Waals surface area contributed by atoms with Crippen molar-refractivity contribution in [3.8, 4) is 0 Å². The van der Waals surface area contributed by atoms with E-state index in [9.17, 15) is 4.79 Å². The van der Waals surface area contributed by atoms with Crippen LogP contribution in [0, 0.1) is 11.8 Å². The van der Waals surface area contributed by atoms with Gasteiger partial charge < -0.3 is 9.47 Å². The maximum Gasteiger partial charge on any atom is 0.270 e. The number of nitrogens with zero attached hydrogens (tertiary/aromatic N) is 3. The molecule has 3 aromatic rings. The molecule has 0 N–H and O–H groups in total. The van der Waals surface area contributed by atoms with Crippen LogP contribution in [0.5, 0.6) is 0 Å². The van der Waals surface area contributed by atoms with Gasteiger partial charge >= 0.3 is 0 Å². The molecular formula is C23H24ClN3O. The zero-order valence-electron chi connectivity index (χ0n) is 16.2. The zero-order chi connectivity index (χ0) is 19.4. The average molecular weight is 394 g/mol. The minimum absolute atomic E-state index is 0.110. The fourth-order valence-electron chi connectivity index (χ4n) is 5.31. The van der Waals surface area contributed by atoms with Crippen molar-refractivity contribution in [3.63, 3.8) is 0 Å². The van der Waals surface area contributed by atoms with Crippen molar-refractivity contribution in [2.24, 2.45) is 18.9 Å². The van der Waals surface area contributed by atoms with Gasteiger partial charge in [-0.05, 0) is 30.7 Å². The van der Waals surface area contributed by atoms with E-state index >= 15 is 0 Å². The Balaban J connectivity index is 1.43. The summed E-state index contributed by atoms with van der Waals surface area (Å²) in [5.41, 5.74) is 2.99. The Hall–Kier alpha value is -2.30. The van der Waals surface area contributed by atoms with E-state index in [-0.39, 0.29) is 5.91 Å². The zero-order valence-corrected chi connectivity index (χ0v) is 16.9. The molecule has 0 unspecified atom stereocenters. The Kier molecular flexibility index (Phi) is 4.22. The second kappa shape index (κ2) is 6.64. The predicted molar refractivity (Wildman–Crippen MR) is 113 cm³/mol. The van der Waals surface area contributed by atoms with Gasteiger partial charge in [0.25, 0.3) is 5.91 Å². The minimum atomic E-state index is 0.110. The molecule has 0 aliphatic carbocycles. The van der Waals surface area contributed by atoms with E-state index in [4.69, 9.17) is 11.6 Å². The average Bonchev–Trinajstić information content (AvgIpc) is 3.33. The van der Waals surface area contributed by atoms with E-state index in [0.717, 1.165) is 30.5 Å². The lowest BCUT2D eigenvalue weighted by molar-refractivity contribution is 0.0759. The number of aryl methyl sites for hydroxylation is 1. The van der Waals surface area contributed by atoms with E-state index < -0.39 is 0 Å². The maximum absolute atomic E-state index is 13.4. The van der Waals surface area contributed by atoms with Crippen molar-refractivity contribution in [1.82, 2.24) is 14.4 Å². The van der Waals surface area contributed by atoms with Gasteiger partial charge in [0.15, 0.2) is 0 Å². The fourth-order valence-corrected chi connectivity index (χ4v) is 5.62. The Bertz CT molecular complexity index is 1040. The van der Waals surface area contributed by atoms with Gasteiger partial charge in [-0.25, -0.2) is 0 Å². The molecule has 2 aliphatic heterocycles. The van der Waals surface area contributed by atoms with Crippen LogP contribution in [0.25, 0.3) is 10.9 Å². The van der Waals surface area contributed by atoms with Crippen molar-refractivity contribution in [1.29, 1.82) is 0 Å². The lowest BCUT2D eigenvalue weighted by atomic mass is 9.90. The summed E-state index contributed by atoms with van der Waals surface area (Å²) >= 11 is 6.37. The summed E-state index contributed by atoms with van der Waals surface area (Å²) in [4.78, 5) is 17.8. The molecule has 0 radical (unpaired) electrons. The SMILES string of the molecule is CN1C[C@H]2CN(C(=O)c3cc4cccc(Cl)c4n3C)C[C@H]2[C@@H]1c1ccccc1. The fraction of sp³-hybridized carbons (Fsp3) is 0.348. The second-order valence-electron chi connectivity index (χ2n) is 8.20. The van der Waals surface area contributed by atoms with Gasteiger partial charge in [0.05, 0.1) is 10.5 Å². The molecule has 0 saturated carbocycles. The molecule has 3 atom stereocenters. The molecule has 4 nitrogen and oxygen atoms in total. The smallest absolute Gasteiger partial charge is 0.270 e. The van der Waals surface area contributed by atoms with Crippen molar-refractivity contribution >= 4 is 28.4 Å². The molecule has 2 fully saturated rings. The van der Waals surface area contributed by atoms with Crippen LogP contribution in [0.2, 0.25) is 5.02 Å². The highest BCUT2D eigenvalue weighted by Gasteiger charge is 2.47. The van der Waals surface area contributed by atoms with Gasteiger partial charge in [0.2, 0.25) is 0 Å². The first-order valence-corrected chi connectivity index (χ1v) is 10.2. The Morgan fingerprint density at radius 3 is 2.54 bits per heavy atom.